The normalized spacial score (nSPS) is 11.3. The summed E-state index contributed by atoms with van der Waals surface area (Å²) in [5, 5.41) is 3.05. The van der Waals surface area contributed by atoms with Gasteiger partial charge in [-0.2, -0.15) is 0 Å². The number of methoxy groups -OCH3 is 1. The summed E-state index contributed by atoms with van der Waals surface area (Å²) < 4.78 is 45.0. The SMILES string of the molecule is COCc1ccccc1CNc1ccc(OC(F)(F)F)cn1. The van der Waals surface area contributed by atoms with E-state index in [9.17, 15) is 13.2 Å². The third-order valence-electron chi connectivity index (χ3n) is 2.85. The van der Waals surface area contributed by atoms with Crippen molar-refractivity contribution >= 4 is 5.82 Å². The molecule has 0 aliphatic carbocycles. The largest absolute Gasteiger partial charge is 0.573 e. The van der Waals surface area contributed by atoms with Gasteiger partial charge in [-0.25, -0.2) is 4.98 Å². The van der Waals surface area contributed by atoms with Crippen molar-refractivity contribution in [2.75, 3.05) is 12.4 Å². The second-order valence-corrected chi connectivity index (χ2v) is 4.48. The molecule has 2 rings (SSSR count). The molecule has 1 aromatic carbocycles. The first kappa shape index (κ1) is 16.1. The molecule has 0 aliphatic heterocycles. The van der Waals surface area contributed by atoms with E-state index in [1.165, 1.54) is 12.1 Å². The van der Waals surface area contributed by atoms with Crippen molar-refractivity contribution in [1.29, 1.82) is 0 Å². The highest BCUT2D eigenvalue weighted by Gasteiger charge is 2.31. The molecule has 7 heteroatoms. The van der Waals surface area contributed by atoms with Gasteiger partial charge >= 0.3 is 6.36 Å². The van der Waals surface area contributed by atoms with E-state index >= 15 is 0 Å². The molecule has 1 heterocycles. The number of hydrogen-bond donors (Lipinski definition) is 1. The quantitative estimate of drug-likeness (QED) is 0.882. The molecule has 0 unspecified atom stereocenters. The standard InChI is InChI=1S/C15H15F3N2O2/c1-21-10-12-5-3-2-4-11(12)8-19-14-7-6-13(9-20-14)22-15(16,17)18/h2-7,9H,8,10H2,1H3,(H,19,20). The molecule has 1 N–H and O–H groups in total. The maximum atomic E-state index is 12.1. The van der Waals surface area contributed by atoms with Gasteiger partial charge in [0.05, 0.1) is 12.8 Å². The molecule has 2 aromatic rings. The van der Waals surface area contributed by atoms with Crippen LogP contribution in [0.3, 0.4) is 0 Å². The summed E-state index contributed by atoms with van der Waals surface area (Å²) in [7, 11) is 1.62. The van der Waals surface area contributed by atoms with E-state index in [-0.39, 0.29) is 5.75 Å². The van der Waals surface area contributed by atoms with Crippen molar-refractivity contribution in [3.8, 4) is 5.75 Å². The molecule has 0 radical (unpaired) electrons. The van der Waals surface area contributed by atoms with Crippen molar-refractivity contribution in [3.05, 3.63) is 53.7 Å². The summed E-state index contributed by atoms with van der Waals surface area (Å²) in [6, 6.07) is 10.4. The third-order valence-corrected chi connectivity index (χ3v) is 2.85. The number of alkyl halides is 3. The van der Waals surface area contributed by atoms with Crippen molar-refractivity contribution < 1.29 is 22.6 Å². The van der Waals surface area contributed by atoms with Crippen LogP contribution in [0.15, 0.2) is 42.6 Å². The van der Waals surface area contributed by atoms with Crippen LogP contribution >= 0.6 is 0 Å². The van der Waals surface area contributed by atoms with Crippen LogP contribution in [0.5, 0.6) is 5.75 Å². The average Bonchev–Trinajstić information content (AvgIpc) is 2.47. The molecule has 0 saturated carbocycles. The van der Waals surface area contributed by atoms with Gasteiger partial charge in [0.2, 0.25) is 0 Å². The first-order valence-corrected chi connectivity index (χ1v) is 6.49. The van der Waals surface area contributed by atoms with E-state index in [1.54, 1.807) is 7.11 Å². The minimum absolute atomic E-state index is 0.349. The maximum Gasteiger partial charge on any atom is 0.573 e. The van der Waals surface area contributed by atoms with Gasteiger partial charge in [0, 0.05) is 13.7 Å². The zero-order chi connectivity index (χ0) is 16.0. The smallest absolute Gasteiger partial charge is 0.404 e. The number of nitrogens with zero attached hydrogens (tertiary/aromatic N) is 1. The molecule has 0 amide bonds. The molecular weight excluding hydrogens is 297 g/mol. The second kappa shape index (κ2) is 7.13. The number of halogens is 3. The molecule has 0 atom stereocenters. The molecular formula is C15H15F3N2O2. The summed E-state index contributed by atoms with van der Waals surface area (Å²) in [6.45, 7) is 0.982. The zero-order valence-electron chi connectivity index (χ0n) is 11.9. The molecule has 0 spiro atoms. The number of anilines is 1. The van der Waals surface area contributed by atoms with Crippen LogP contribution in [0.2, 0.25) is 0 Å². The zero-order valence-corrected chi connectivity index (χ0v) is 11.9. The Balaban J connectivity index is 1.97. The first-order valence-electron chi connectivity index (χ1n) is 6.49. The summed E-state index contributed by atoms with van der Waals surface area (Å²) >= 11 is 0. The van der Waals surface area contributed by atoms with E-state index in [1.807, 2.05) is 24.3 Å². The highest BCUT2D eigenvalue weighted by molar-refractivity contribution is 5.39. The lowest BCUT2D eigenvalue weighted by atomic mass is 10.1. The Morgan fingerprint density at radius 2 is 1.82 bits per heavy atom. The summed E-state index contributed by atoms with van der Waals surface area (Å²) in [5.41, 5.74) is 2.07. The Kier molecular flexibility index (Phi) is 5.21. The number of pyridine rings is 1. The summed E-state index contributed by atoms with van der Waals surface area (Å²) in [6.07, 6.45) is -3.69. The van der Waals surface area contributed by atoms with Crippen molar-refractivity contribution in [3.63, 3.8) is 0 Å². The molecule has 0 saturated heterocycles. The van der Waals surface area contributed by atoms with Crippen LogP contribution in [0, 0.1) is 0 Å². The van der Waals surface area contributed by atoms with Gasteiger partial charge in [-0.05, 0) is 23.3 Å². The van der Waals surface area contributed by atoms with Gasteiger partial charge < -0.3 is 14.8 Å². The van der Waals surface area contributed by atoms with E-state index in [0.717, 1.165) is 17.3 Å². The molecule has 4 nitrogen and oxygen atoms in total. The number of rotatable bonds is 6. The summed E-state index contributed by atoms with van der Waals surface area (Å²) in [5.74, 6) is 0.111. The second-order valence-electron chi connectivity index (χ2n) is 4.48. The Hall–Kier alpha value is -2.28. The van der Waals surface area contributed by atoms with Crippen molar-refractivity contribution in [1.82, 2.24) is 4.98 Å². The lowest BCUT2D eigenvalue weighted by molar-refractivity contribution is -0.274. The van der Waals surface area contributed by atoms with Gasteiger partial charge in [0.1, 0.15) is 11.6 Å². The molecule has 0 aliphatic rings. The predicted molar refractivity (Wildman–Crippen MR) is 75.4 cm³/mol. The fraction of sp³-hybridized carbons (Fsp3) is 0.267. The maximum absolute atomic E-state index is 12.1. The average molecular weight is 312 g/mol. The van der Waals surface area contributed by atoms with Crippen molar-refractivity contribution in [2.45, 2.75) is 19.5 Å². The minimum atomic E-state index is -4.71. The molecule has 0 fully saturated rings. The number of benzene rings is 1. The Morgan fingerprint density at radius 1 is 1.09 bits per heavy atom. The van der Waals surface area contributed by atoms with Gasteiger partial charge in [0.15, 0.2) is 0 Å². The minimum Gasteiger partial charge on any atom is -0.404 e. The Bertz CT molecular complexity index is 600. The topological polar surface area (TPSA) is 43.4 Å². The van der Waals surface area contributed by atoms with Gasteiger partial charge in [-0.3, -0.25) is 0 Å². The predicted octanol–water partition coefficient (Wildman–Crippen LogP) is 3.74. The molecule has 0 bridgehead atoms. The first-order chi connectivity index (χ1) is 10.5. The third kappa shape index (κ3) is 4.92. The van der Waals surface area contributed by atoms with Crippen LogP contribution in [0.25, 0.3) is 0 Å². The number of nitrogens with one attached hydrogen (secondary N) is 1. The van der Waals surface area contributed by atoms with Gasteiger partial charge in [-0.15, -0.1) is 13.2 Å². The monoisotopic (exact) mass is 312 g/mol. The fourth-order valence-electron chi connectivity index (χ4n) is 1.89. The van der Waals surface area contributed by atoms with Gasteiger partial charge in [-0.1, -0.05) is 24.3 Å². The van der Waals surface area contributed by atoms with Gasteiger partial charge in [0.25, 0.3) is 0 Å². The van der Waals surface area contributed by atoms with E-state index in [2.05, 4.69) is 15.0 Å². The van der Waals surface area contributed by atoms with E-state index < -0.39 is 6.36 Å². The molecule has 22 heavy (non-hydrogen) atoms. The van der Waals surface area contributed by atoms with Crippen LogP contribution in [-0.4, -0.2) is 18.5 Å². The Morgan fingerprint density at radius 3 is 2.41 bits per heavy atom. The lowest BCUT2D eigenvalue weighted by Crippen LogP contribution is -2.17. The molecule has 1 aromatic heterocycles. The number of aromatic nitrogens is 1. The van der Waals surface area contributed by atoms with E-state index in [4.69, 9.17) is 4.74 Å². The highest BCUT2D eigenvalue weighted by Crippen LogP contribution is 2.22. The molecule has 118 valence electrons. The van der Waals surface area contributed by atoms with E-state index in [0.29, 0.717) is 19.0 Å². The van der Waals surface area contributed by atoms with Crippen LogP contribution in [0.4, 0.5) is 19.0 Å². The number of ether oxygens (including phenoxy) is 2. The Labute approximate surface area is 125 Å². The fourth-order valence-corrected chi connectivity index (χ4v) is 1.89. The van der Waals surface area contributed by atoms with Crippen LogP contribution in [0.1, 0.15) is 11.1 Å². The summed E-state index contributed by atoms with van der Waals surface area (Å²) in [4.78, 5) is 3.89. The lowest BCUT2D eigenvalue weighted by Gasteiger charge is -2.11. The van der Waals surface area contributed by atoms with Crippen LogP contribution in [-0.2, 0) is 17.9 Å². The van der Waals surface area contributed by atoms with Crippen molar-refractivity contribution in [2.24, 2.45) is 0 Å². The number of hydrogen-bond acceptors (Lipinski definition) is 4. The van der Waals surface area contributed by atoms with Crippen LogP contribution < -0.4 is 10.1 Å². The highest BCUT2D eigenvalue weighted by atomic mass is 19.4.